The molecule has 0 bridgehead atoms. The monoisotopic (exact) mass is 470 g/mol. The number of nitrogens with zero attached hydrogens (tertiary/aromatic N) is 3. The summed E-state index contributed by atoms with van der Waals surface area (Å²) in [5.74, 6) is -0.284. The van der Waals surface area contributed by atoms with Crippen LogP contribution in [0.2, 0.25) is 0 Å². The van der Waals surface area contributed by atoms with Crippen molar-refractivity contribution in [1.82, 2.24) is 14.5 Å². The van der Waals surface area contributed by atoms with Crippen LogP contribution < -0.4 is 10.9 Å². The maximum absolute atomic E-state index is 13.2. The molecular formula is C26H22N4O3S. The first-order valence-electron chi connectivity index (χ1n) is 11.1. The molecule has 0 fully saturated rings. The number of hydrogen-bond donors (Lipinski definition) is 1. The van der Waals surface area contributed by atoms with Gasteiger partial charge in [0, 0.05) is 28.4 Å². The average molecular weight is 471 g/mol. The van der Waals surface area contributed by atoms with Gasteiger partial charge in [-0.1, -0.05) is 36.4 Å². The van der Waals surface area contributed by atoms with Gasteiger partial charge in [-0.25, -0.2) is 9.97 Å². The number of rotatable bonds is 3. The summed E-state index contributed by atoms with van der Waals surface area (Å²) in [5, 5.41) is 5.77. The van der Waals surface area contributed by atoms with Gasteiger partial charge in [0.2, 0.25) is 5.91 Å². The Kier molecular flexibility index (Phi) is 4.75. The summed E-state index contributed by atoms with van der Waals surface area (Å²) < 4.78 is 7.78. The van der Waals surface area contributed by atoms with Gasteiger partial charge < -0.3 is 10.1 Å². The number of pyridine rings is 1. The van der Waals surface area contributed by atoms with Crippen LogP contribution in [-0.2, 0) is 29.1 Å². The minimum absolute atomic E-state index is 0.120. The number of amides is 1. The Morgan fingerprint density at radius 1 is 1.18 bits per heavy atom. The van der Waals surface area contributed by atoms with Crippen molar-refractivity contribution in [2.45, 2.75) is 39.0 Å². The second-order valence-electron chi connectivity index (χ2n) is 9.20. The maximum Gasteiger partial charge on any atom is 0.271 e. The van der Waals surface area contributed by atoms with E-state index >= 15 is 0 Å². The lowest BCUT2D eigenvalue weighted by Crippen LogP contribution is -2.32. The lowest BCUT2D eigenvalue weighted by molar-refractivity contribution is -0.116. The Morgan fingerprint density at radius 2 is 2.00 bits per heavy atom. The summed E-state index contributed by atoms with van der Waals surface area (Å²) in [6, 6.07) is 15.6. The van der Waals surface area contributed by atoms with Gasteiger partial charge in [-0.3, -0.25) is 14.2 Å². The van der Waals surface area contributed by atoms with Gasteiger partial charge in [-0.2, -0.15) is 0 Å². The van der Waals surface area contributed by atoms with Gasteiger partial charge in [0.05, 0.1) is 29.7 Å². The van der Waals surface area contributed by atoms with Gasteiger partial charge >= 0.3 is 0 Å². The van der Waals surface area contributed by atoms with E-state index in [9.17, 15) is 9.59 Å². The number of thiophene rings is 1. The summed E-state index contributed by atoms with van der Waals surface area (Å²) in [7, 11) is 0. The molecule has 1 aliphatic rings. The van der Waals surface area contributed by atoms with Crippen LogP contribution in [-0.4, -0.2) is 26.0 Å². The minimum Gasteiger partial charge on any atom is -0.370 e. The predicted octanol–water partition coefficient (Wildman–Crippen LogP) is 4.65. The van der Waals surface area contributed by atoms with Crippen molar-refractivity contribution < 1.29 is 9.53 Å². The Hall–Kier alpha value is -3.62. The molecule has 1 N–H and O–H groups in total. The molecule has 6 rings (SSSR count). The number of carbonyl (C=O) groups excluding carboxylic acids is 1. The van der Waals surface area contributed by atoms with E-state index in [-0.39, 0.29) is 23.6 Å². The lowest BCUT2D eigenvalue weighted by atomic mass is 9.95. The fraction of sp³-hybridized carbons (Fsp3) is 0.231. The average Bonchev–Trinajstić information content (AvgIpc) is 3.17. The van der Waals surface area contributed by atoms with E-state index in [4.69, 9.17) is 9.72 Å². The highest BCUT2D eigenvalue weighted by molar-refractivity contribution is 7.25. The molecule has 0 radical (unpaired) electrons. The highest BCUT2D eigenvalue weighted by Gasteiger charge is 2.28. The number of benzene rings is 2. The zero-order valence-electron chi connectivity index (χ0n) is 18.8. The smallest absolute Gasteiger partial charge is 0.271 e. The first kappa shape index (κ1) is 20.9. The molecule has 1 aliphatic heterocycles. The molecule has 4 heterocycles. The fourth-order valence-electron chi connectivity index (χ4n) is 4.47. The molecule has 0 unspecified atom stereocenters. The highest BCUT2D eigenvalue weighted by Crippen LogP contribution is 2.34. The number of aromatic nitrogens is 3. The zero-order valence-corrected chi connectivity index (χ0v) is 19.6. The van der Waals surface area contributed by atoms with Gasteiger partial charge in [-0.15, -0.1) is 11.3 Å². The number of carbonyl (C=O) groups is 1. The molecule has 1 amide bonds. The van der Waals surface area contributed by atoms with Gasteiger partial charge in [0.1, 0.15) is 16.1 Å². The van der Waals surface area contributed by atoms with Crippen LogP contribution >= 0.6 is 11.3 Å². The molecule has 170 valence electrons. The van der Waals surface area contributed by atoms with E-state index < -0.39 is 0 Å². The topological polar surface area (TPSA) is 86.1 Å². The quantitative estimate of drug-likeness (QED) is 0.415. The standard InChI is InChI=1S/C26H22N4O3S/c1-26(2)11-20-16(13-33-26)10-18-22-23(34-24(18)29-20)25(32)30(14-27-22)12-21(31)28-19-9-5-7-15-6-3-4-8-17(15)19/h3-10,14H,11-13H2,1-2H3,(H,28,31). The fourth-order valence-corrected chi connectivity index (χ4v) is 5.55. The second-order valence-corrected chi connectivity index (χ2v) is 10.2. The molecule has 7 nitrogen and oxygen atoms in total. The molecule has 0 saturated carbocycles. The van der Waals surface area contributed by atoms with Crippen molar-refractivity contribution in [2.24, 2.45) is 0 Å². The Balaban J connectivity index is 1.33. The molecule has 2 aromatic carbocycles. The van der Waals surface area contributed by atoms with Crippen LogP contribution in [0.25, 0.3) is 31.2 Å². The molecule has 0 saturated heterocycles. The molecular weight excluding hydrogens is 448 g/mol. The molecule has 3 aromatic heterocycles. The van der Waals surface area contributed by atoms with Gasteiger partial charge in [-0.05, 0) is 31.4 Å². The van der Waals surface area contributed by atoms with E-state index in [0.29, 0.717) is 22.5 Å². The molecule has 0 atom stereocenters. The van der Waals surface area contributed by atoms with E-state index in [2.05, 4.69) is 24.1 Å². The maximum atomic E-state index is 13.2. The molecule has 0 spiro atoms. The van der Waals surface area contributed by atoms with Crippen molar-refractivity contribution in [3.8, 4) is 0 Å². The molecule has 0 aliphatic carbocycles. The molecule has 34 heavy (non-hydrogen) atoms. The van der Waals surface area contributed by atoms with E-state index in [0.717, 1.165) is 38.7 Å². The summed E-state index contributed by atoms with van der Waals surface area (Å²) in [5.41, 5.74) is 2.88. The number of fused-ring (bicyclic) bond motifs is 5. The number of nitrogens with one attached hydrogen (secondary N) is 1. The largest absolute Gasteiger partial charge is 0.370 e. The number of anilines is 1. The zero-order chi connectivity index (χ0) is 23.4. The summed E-state index contributed by atoms with van der Waals surface area (Å²) >= 11 is 1.33. The Labute approximate surface area is 199 Å². The third kappa shape index (κ3) is 3.55. The van der Waals surface area contributed by atoms with Crippen molar-refractivity contribution in [3.63, 3.8) is 0 Å². The van der Waals surface area contributed by atoms with Crippen molar-refractivity contribution >= 4 is 54.1 Å². The van der Waals surface area contributed by atoms with Gasteiger partial charge in [0.15, 0.2) is 0 Å². The van der Waals surface area contributed by atoms with Crippen LogP contribution in [0.15, 0.2) is 59.7 Å². The van der Waals surface area contributed by atoms with E-state index in [1.54, 1.807) is 0 Å². The Morgan fingerprint density at radius 3 is 2.88 bits per heavy atom. The second kappa shape index (κ2) is 7.72. The first-order chi connectivity index (χ1) is 16.4. The van der Waals surface area contributed by atoms with Crippen molar-refractivity contribution in [3.05, 3.63) is 76.5 Å². The highest BCUT2D eigenvalue weighted by atomic mass is 32.1. The van der Waals surface area contributed by atoms with Crippen molar-refractivity contribution in [2.75, 3.05) is 5.32 Å². The summed E-state index contributed by atoms with van der Waals surface area (Å²) in [6.45, 7) is 4.48. The summed E-state index contributed by atoms with van der Waals surface area (Å²) in [4.78, 5) is 36.2. The number of hydrogen-bond acceptors (Lipinski definition) is 6. The van der Waals surface area contributed by atoms with E-state index in [1.807, 2.05) is 48.5 Å². The number of ether oxygens (including phenoxy) is 1. The molecule has 8 heteroatoms. The van der Waals surface area contributed by atoms with Crippen LogP contribution in [0.1, 0.15) is 25.1 Å². The SMILES string of the molecule is CC1(C)Cc2nc3sc4c(=O)n(CC(=O)Nc5cccc6ccccc56)cnc4c3cc2CO1. The summed E-state index contributed by atoms with van der Waals surface area (Å²) in [6.07, 6.45) is 2.16. The van der Waals surface area contributed by atoms with Gasteiger partial charge in [0.25, 0.3) is 5.56 Å². The third-order valence-corrected chi connectivity index (χ3v) is 7.27. The lowest BCUT2D eigenvalue weighted by Gasteiger charge is -2.30. The first-order valence-corrected chi connectivity index (χ1v) is 11.9. The Bertz CT molecular complexity index is 1660. The van der Waals surface area contributed by atoms with Crippen LogP contribution in [0, 0.1) is 0 Å². The minimum atomic E-state index is -0.284. The molecule has 5 aromatic rings. The third-order valence-electron chi connectivity index (χ3n) is 6.20. The van der Waals surface area contributed by atoms with Crippen molar-refractivity contribution in [1.29, 1.82) is 0 Å². The van der Waals surface area contributed by atoms with E-state index in [1.165, 1.54) is 22.2 Å². The predicted molar refractivity (Wildman–Crippen MR) is 134 cm³/mol. The normalized spacial score (nSPS) is 15.0. The van der Waals surface area contributed by atoms with Crippen LogP contribution in [0.3, 0.4) is 0 Å². The van der Waals surface area contributed by atoms with Crippen LogP contribution in [0.5, 0.6) is 0 Å². The van der Waals surface area contributed by atoms with Crippen LogP contribution in [0.4, 0.5) is 5.69 Å².